The molecular weight excluding hydrogens is 572 g/mol. The van der Waals surface area contributed by atoms with Crippen molar-refractivity contribution >= 4 is 5.97 Å². The van der Waals surface area contributed by atoms with Gasteiger partial charge in [0, 0.05) is 40.9 Å². The van der Waals surface area contributed by atoms with Crippen molar-refractivity contribution in [3.63, 3.8) is 0 Å². The van der Waals surface area contributed by atoms with E-state index in [1.165, 1.54) is 13.2 Å². The van der Waals surface area contributed by atoms with Crippen LogP contribution in [0.15, 0.2) is 12.2 Å². The fraction of sp³-hybridized carbons (Fsp3) is 0.579. The zero-order valence-corrected chi connectivity index (χ0v) is 19.8. The van der Waals surface area contributed by atoms with E-state index in [0.717, 1.165) is 0 Å². The molecule has 1 heterocycles. The van der Waals surface area contributed by atoms with Gasteiger partial charge in [-0.25, -0.2) is 4.79 Å². The molecular formula is C19H22O10W. The first kappa shape index (κ1) is 39.0. The van der Waals surface area contributed by atoms with Crippen LogP contribution in [0.2, 0.25) is 0 Å². The van der Waals surface area contributed by atoms with E-state index in [4.69, 9.17) is 37.5 Å². The Kier molecular flexibility index (Phi) is 33.2. The average Bonchev–Trinajstić information content (AvgIpc) is 3.35. The van der Waals surface area contributed by atoms with Crippen LogP contribution in [-0.4, -0.2) is 45.3 Å². The maximum atomic E-state index is 11.1. The van der Waals surface area contributed by atoms with Gasteiger partial charge >= 0.3 is 62.5 Å². The topological polar surface area (TPSA) is 153 Å². The van der Waals surface area contributed by atoms with Crippen LogP contribution >= 0.6 is 0 Å². The monoisotopic (exact) mass is 594 g/mol. The van der Waals surface area contributed by atoms with Crippen molar-refractivity contribution in [1.29, 1.82) is 0 Å². The van der Waals surface area contributed by atoms with E-state index in [9.17, 15) is 4.79 Å². The summed E-state index contributed by atoms with van der Waals surface area (Å²) in [4.78, 5) is 11.1. The molecule has 11 heteroatoms. The molecule has 1 saturated heterocycles. The Balaban J connectivity index is -0.000000166. The third-order valence-corrected chi connectivity index (χ3v) is 3.77. The zero-order chi connectivity index (χ0) is 24.0. The molecule has 0 aromatic carbocycles. The van der Waals surface area contributed by atoms with E-state index in [2.05, 4.69) is 38.0 Å². The largest absolute Gasteiger partial charge is 0 e. The molecule has 0 bridgehead atoms. The van der Waals surface area contributed by atoms with Gasteiger partial charge in [-0.2, -0.15) is 0 Å². The number of rotatable bonds is 5. The van der Waals surface area contributed by atoms with Gasteiger partial charge in [0.15, 0.2) is 5.79 Å². The van der Waals surface area contributed by atoms with Gasteiger partial charge in [-0.15, -0.1) is 0 Å². The van der Waals surface area contributed by atoms with Gasteiger partial charge in [-0.3, -0.25) is 0 Å². The van der Waals surface area contributed by atoms with Crippen molar-refractivity contribution in [1.82, 2.24) is 0 Å². The van der Waals surface area contributed by atoms with Gasteiger partial charge < -0.3 is 18.9 Å². The van der Waals surface area contributed by atoms with Gasteiger partial charge in [0.2, 0.25) is 0 Å². The van der Waals surface area contributed by atoms with Crippen molar-refractivity contribution in [2.45, 2.75) is 25.7 Å². The van der Waals surface area contributed by atoms with Gasteiger partial charge in [0.1, 0.15) is 0 Å². The number of carbonyl (C=O) groups is 1. The van der Waals surface area contributed by atoms with Gasteiger partial charge in [0.05, 0.1) is 19.8 Å². The minimum Gasteiger partial charge on any atom is 0 e. The molecule has 1 saturated carbocycles. The Morgan fingerprint density at radius 1 is 1.03 bits per heavy atom. The molecule has 0 N–H and O–H groups in total. The second-order valence-corrected chi connectivity index (χ2v) is 5.52. The third-order valence-electron chi connectivity index (χ3n) is 3.77. The van der Waals surface area contributed by atoms with Gasteiger partial charge in [0.25, 0.3) is 0 Å². The molecule has 0 radical (unpaired) electrons. The summed E-state index contributed by atoms with van der Waals surface area (Å²) in [6, 6.07) is 0. The first-order valence-electron chi connectivity index (χ1n) is 7.57. The molecule has 10 nitrogen and oxygen atoms in total. The van der Waals surface area contributed by atoms with Crippen LogP contribution in [-0.2, 0) is 68.1 Å². The SMILES string of the molecule is COC[C@@H]1[C@@H](/C=C\C(=O)OC)[C@H]1[C@H]1COC(C)(C)O1.[C-]#[O+].[C-]#[O+].[C-]#[O+].[C-]#[O+].[C-]#[O+].[W]. The van der Waals surface area contributed by atoms with Gasteiger partial charge in [-0.05, 0) is 31.6 Å². The van der Waals surface area contributed by atoms with Crippen LogP contribution in [0.25, 0.3) is 0 Å². The van der Waals surface area contributed by atoms with E-state index in [-0.39, 0.29) is 33.1 Å². The summed E-state index contributed by atoms with van der Waals surface area (Å²) in [5.74, 6) is 0.185. The minimum absolute atomic E-state index is 0. The number of ether oxygens (including phenoxy) is 4. The van der Waals surface area contributed by atoms with Crippen LogP contribution < -0.4 is 0 Å². The maximum absolute atomic E-state index is 11.1. The number of carbonyl (C=O) groups excluding carboxylic acids is 1. The van der Waals surface area contributed by atoms with Gasteiger partial charge in [-0.1, -0.05) is 6.08 Å². The second-order valence-electron chi connectivity index (χ2n) is 5.52. The molecule has 0 spiro atoms. The Morgan fingerprint density at radius 3 is 1.83 bits per heavy atom. The first-order chi connectivity index (χ1) is 14.0. The number of hydrogen-bond donors (Lipinski definition) is 0. The molecule has 1 aliphatic heterocycles. The first-order valence-corrected chi connectivity index (χ1v) is 7.57. The Labute approximate surface area is 190 Å². The molecule has 164 valence electrons. The van der Waals surface area contributed by atoms with Crippen LogP contribution in [0.1, 0.15) is 13.8 Å². The summed E-state index contributed by atoms with van der Waals surface area (Å²) in [7, 11) is 3.06. The average molecular weight is 594 g/mol. The van der Waals surface area contributed by atoms with Crippen molar-refractivity contribution in [2.75, 3.05) is 27.4 Å². The van der Waals surface area contributed by atoms with Crippen LogP contribution in [0, 0.1) is 51.0 Å². The van der Waals surface area contributed by atoms with E-state index in [0.29, 0.717) is 31.0 Å². The van der Waals surface area contributed by atoms with E-state index < -0.39 is 5.79 Å². The van der Waals surface area contributed by atoms with Crippen molar-refractivity contribution < 1.29 is 68.1 Å². The van der Waals surface area contributed by atoms with Crippen LogP contribution in [0.4, 0.5) is 0 Å². The van der Waals surface area contributed by atoms with Crippen molar-refractivity contribution in [3.05, 3.63) is 45.4 Å². The minimum atomic E-state index is -0.512. The fourth-order valence-corrected chi connectivity index (χ4v) is 2.80. The number of hydrogen-bond acceptors (Lipinski definition) is 5. The molecule has 1 aliphatic carbocycles. The molecule has 0 aromatic heterocycles. The van der Waals surface area contributed by atoms with E-state index in [1.807, 2.05) is 19.9 Å². The number of methoxy groups -OCH3 is 2. The molecule has 2 aliphatic rings. The van der Waals surface area contributed by atoms with E-state index in [1.54, 1.807) is 7.11 Å². The molecule has 0 amide bonds. The Bertz CT molecular complexity index is 527. The van der Waals surface area contributed by atoms with Crippen molar-refractivity contribution in [3.8, 4) is 0 Å². The summed E-state index contributed by atoms with van der Waals surface area (Å²) in [6.07, 6.45) is 3.45. The summed E-state index contributed by atoms with van der Waals surface area (Å²) in [6.45, 7) is 27.6. The fourth-order valence-electron chi connectivity index (χ4n) is 2.80. The third kappa shape index (κ3) is 15.3. The summed E-state index contributed by atoms with van der Waals surface area (Å²) >= 11 is 0. The summed E-state index contributed by atoms with van der Waals surface area (Å²) in [5.41, 5.74) is 0. The van der Waals surface area contributed by atoms with E-state index >= 15 is 0 Å². The molecule has 4 atom stereocenters. The number of allylic oxidation sites excluding steroid dienone is 1. The predicted molar refractivity (Wildman–Crippen MR) is 88.1 cm³/mol. The molecule has 30 heavy (non-hydrogen) atoms. The van der Waals surface area contributed by atoms with Crippen LogP contribution in [0.5, 0.6) is 0 Å². The number of esters is 1. The normalized spacial score (nSPS) is 23.5. The zero-order valence-electron chi connectivity index (χ0n) is 16.9. The molecule has 2 fully saturated rings. The van der Waals surface area contributed by atoms with Crippen LogP contribution in [0.3, 0.4) is 0 Å². The summed E-state index contributed by atoms with van der Waals surface area (Å²) in [5, 5.41) is 0. The molecule has 0 unspecified atom stereocenters. The van der Waals surface area contributed by atoms with Crippen molar-refractivity contribution in [2.24, 2.45) is 17.8 Å². The second kappa shape index (κ2) is 25.5. The maximum Gasteiger partial charge on any atom is 0 e. The summed E-state index contributed by atoms with van der Waals surface area (Å²) < 4.78 is 58.8. The molecule has 2 rings (SSSR count). The molecule has 0 aromatic rings. The quantitative estimate of drug-likeness (QED) is 0.203. The predicted octanol–water partition coefficient (Wildman–Crippen LogP) is 1.19. The Morgan fingerprint density at radius 2 is 1.50 bits per heavy atom. The smallest absolute Gasteiger partial charge is 0 e. The Hall–Kier alpha value is -1.52. The standard InChI is InChI=1S/C14H22O5.5CO.W/c1-14(2)18-8-11(19-14)13-9(10(13)7-16-3)5-6-12(15)17-4;5*1-2;/h5-6,9-11,13H,7-8H2,1-4H3;;;;;;/b6-5-;;;;;;/t9-,10-,11-,13-;;;;;;/m1....../s1.